The molecule has 3 amide bonds. The number of carboxylic acid groups (broad SMARTS) is 1. The Labute approximate surface area is 241 Å². The van der Waals surface area contributed by atoms with Gasteiger partial charge in [-0.05, 0) is 56.2 Å². The van der Waals surface area contributed by atoms with Gasteiger partial charge in [0.2, 0.25) is 11.8 Å². The van der Waals surface area contributed by atoms with Crippen molar-refractivity contribution in [2.24, 2.45) is 5.92 Å². The highest BCUT2D eigenvalue weighted by molar-refractivity contribution is 5.92. The first-order valence-corrected chi connectivity index (χ1v) is 14.3. The molecular weight excluding hydrogens is 522 g/mol. The first-order valence-electron chi connectivity index (χ1n) is 14.3. The van der Waals surface area contributed by atoms with E-state index in [0.29, 0.717) is 32.4 Å². The summed E-state index contributed by atoms with van der Waals surface area (Å²) >= 11 is 0. The summed E-state index contributed by atoms with van der Waals surface area (Å²) < 4.78 is 5.67. The van der Waals surface area contributed by atoms with Gasteiger partial charge in [0.05, 0.1) is 12.0 Å². The molecule has 1 fully saturated rings. The molecule has 0 aromatic heterocycles. The van der Waals surface area contributed by atoms with Crippen LogP contribution in [0.5, 0.6) is 0 Å². The minimum atomic E-state index is -1.08. The van der Waals surface area contributed by atoms with Crippen LogP contribution in [-0.4, -0.2) is 69.6 Å². The van der Waals surface area contributed by atoms with Crippen molar-refractivity contribution in [3.05, 3.63) is 71.3 Å². The van der Waals surface area contributed by atoms with Gasteiger partial charge in [-0.25, -0.2) is 9.59 Å². The smallest absolute Gasteiger partial charge is 0.411 e. The van der Waals surface area contributed by atoms with Crippen LogP contribution in [0.4, 0.5) is 4.79 Å². The van der Waals surface area contributed by atoms with Gasteiger partial charge in [0.1, 0.15) is 17.7 Å². The van der Waals surface area contributed by atoms with Gasteiger partial charge in [-0.15, -0.1) is 0 Å². The summed E-state index contributed by atoms with van der Waals surface area (Å²) in [5, 5.41) is 12.5. The maximum atomic E-state index is 14.0. The molecule has 4 rings (SSSR count). The van der Waals surface area contributed by atoms with E-state index in [1.807, 2.05) is 54.6 Å². The second-order valence-electron chi connectivity index (χ2n) is 12.4. The average Bonchev–Trinajstić information content (AvgIpc) is 2.94. The number of ether oxygens (including phenoxy) is 1. The fourth-order valence-electron chi connectivity index (χ4n) is 5.77. The molecule has 0 bridgehead atoms. The van der Waals surface area contributed by atoms with E-state index < -0.39 is 35.2 Å². The Kier molecular flexibility index (Phi) is 8.75. The van der Waals surface area contributed by atoms with Gasteiger partial charge < -0.3 is 20.1 Å². The van der Waals surface area contributed by atoms with Crippen molar-refractivity contribution in [2.75, 3.05) is 13.1 Å². The highest BCUT2D eigenvalue weighted by Crippen LogP contribution is 2.37. The third-order valence-electron chi connectivity index (χ3n) is 8.07. The molecule has 0 saturated carbocycles. The number of nitrogens with one attached hydrogen (secondary N) is 1. The zero-order valence-corrected chi connectivity index (χ0v) is 24.6. The van der Waals surface area contributed by atoms with Gasteiger partial charge in [0, 0.05) is 19.5 Å². The van der Waals surface area contributed by atoms with Gasteiger partial charge >= 0.3 is 12.1 Å². The summed E-state index contributed by atoms with van der Waals surface area (Å²) in [7, 11) is 0. The number of carboxylic acids is 1. The summed E-state index contributed by atoms with van der Waals surface area (Å²) in [6.45, 7) is 9.77. The van der Waals surface area contributed by atoms with Crippen LogP contribution in [0.2, 0.25) is 0 Å². The molecule has 9 heteroatoms. The topological polar surface area (TPSA) is 116 Å². The lowest BCUT2D eigenvalue weighted by molar-refractivity contribution is -0.145. The highest BCUT2D eigenvalue weighted by Gasteiger charge is 2.47. The van der Waals surface area contributed by atoms with E-state index in [1.54, 1.807) is 39.5 Å². The Morgan fingerprint density at radius 2 is 1.54 bits per heavy atom. The second-order valence-corrected chi connectivity index (χ2v) is 12.4. The van der Waals surface area contributed by atoms with E-state index in [4.69, 9.17) is 4.74 Å². The number of amides is 3. The number of hydrogen-bond acceptors (Lipinski definition) is 5. The Bertz CT molecular complexity index is 1280. The second kappa shape index (κ2) is 11.9. The molecule has 2 aromatic carbocycles. The predicted molar refractivity (Wildman–Crippen MR) is 154 cm³/mol. The zero-order valence-electron chi connectivity index (χ0n) is 24.6. The summed E-state index contributed by atoms with van der Waals surface area (Å²) in [6.07, 6.45) is 0.501. The molecule has 2 aliphatic heterocycles. The fourth-order valence-corrected chi connectivity index (χ4v) is 5.77. The summed E-state index contributed by atoms with van der Waals surface area (Å²) in [5.74, 6) is -1.90. The monoisotopic (exact) mass is 563 g/mol. The molecule has 2 unspecified atom stereocenters. The number of rotatable bonds is 6. The molecule has 2 aromatic rings. The van der Waals surface area contributed by atoms with Crippen LogP contribution in [0.3, 0.4) is 0 Å². The standard InChI is InChI=1S/C32H41N3O6/c1-21(2)26(28(37)38)33-29(39)32(24-13-7-6-8-14-24)15-17-34(18-16-32)27(36)25-19-22-11-9-10-12-23(22)20-35(25)30(40)41-31(3,4)5/h6-14,21,25-26H,15-20H2,1-5H3,(H,33,39)(H,37,38). The first kappa shape index (κ1) is 30.1. The molecular formula is C32H41N3O6. The largest absolute Gasteiger partial charge is 0.480 e. The molecule has 2 N–H and O–H groups in total. The lowest BCUT2D eigenvalue weighted by Crippen LogP contribution is -2.59. The Hall–Kier alpha value is -3.88. The van der Waals surface area contributed by atoms with E-state index in [9.17, 15) is 24.3 Å². The summed E-state index contributed by atoms with van der Waals surface area (Å²) in [5.41, 5.74) is 1.11. The molecule has 0 radical (unpaired) electrons. The quantitative estimate of drug-likeness (QED) is 0.546. The molecule has 220 valence electrons. The van der Waals surface area contributed by atoms with E-state index in [-0.39, 0.29) is 24.3 Å². The minimum absolute atomic E-state index is 0.182. The first-order chi connectivity index (χ1) is 19.3. The van der Waals surface area contributed by atoms with Crippen LogP contribution >= 0.6 is 0 Å². The van der Waals surface area contributed by atoms with Crippen molar-refractivity contribution in [3.63, 3.8) is 0 Å². The SMILES string of the molecule is CC(C)C(NC(=O)C1(c2ccccc2)CCN(C(=O)C2Cc3ccccc3CN2C(=O)OC(C)(C)C)CC1)C(=O)O. The van der Waals surface area contributed by atoms with Crippen LogP contribution in [0.1, 0.15) is 64.2 Å². The summed E-state index contributed by atoms with van der Waals surface area (Å²) in [6, 6.07) is 15.4. The number of benzene rings is 2. The van der Waals surface area contributed by atoms with Crippen LogP contribution < -0.4 is 5.32 Å². The molecule has 2 atom stereocenters. The number of piperidine rings is 1. The van der Waals surface area contributed by atoms with Crippen LogP contribution in [-0.2, 0) is 37.5 Å². The normalized spacial score (nSPS) is 19.2. The number of hydrogen-bond donors (Lipinski definition) is 2. The lowest BCUT2D eigenvalue weighted by atomic mass is 9.71. The van der Waals surface area contributed by atoms with Crippen LogP contribution in [0, 0.1) is 5.92 Å². The van der Waals surface area contributed by atoms with Crippen molar-refractivity contribution < 1.29 is 29.0 Å². The lowest BCUT2D eigenvalue weighted by Gasteiger charge is -2.44. The number of likely N-dealkylation sites (tertiary alicyclic amines) is 1. The number of carbonyl (C=O) groups excluding carboxylic acids is 3. The molecule has 9 nitrogen and oxygen atoms in total. The third kappa shape index (κ3) is 6.55. The molecule has 2 aliphatic rings. The van der Waals surface area contributed by atoms with Crippen LogP contribution in [0.15, 0.2) is 54.6 Å². The number of aliphatic carboxylic acids is 1. The van der Waals surface area contributed by atoms with Gasteiger partial charge in [-0.2, -0.15) is 0 Å². The molecule has 1 saturated heterocycles. The van der Waals surface area contributed by atoms with Gasteiger partial charge in [-0.1, -0.05) is 68.4 Å². The molecule has 2 heterocycles. The molecule has 41 heavy (non-hydrogen) atoms. The van der Waals surface area contributed by atoms with Crippen molar-refractivity contribution >= 4 is 23.9 Å². The maximum absolute atomic E-state index is 14.0. The molecule has 0 aliphatic carbocycles. The zero-order chi connectivity index (χ0) is 29.9. The average molecular weight is 564 g/mol. The molecule has 0 spiro atoms. The number of nitrogens with zero attached hydrogens (tertiary/aromatic N) is 2. The number of carbonyl (C=O) groups is 4. The maximum Gasteiger partial charge on any atom is 0.411 e. The van der Waals surface area contributed by atoms with Gasteiger partial charge in [-0.3, -0.25) is 14.5 Å². The van der Waals surface area contributed by atoms with Crippen molar-refractivity contribution in [1.82, 2.24) is 15.1 Å². The minimum Gasteiger partial charge on any atom is -0.480 e. The third-order valence-corrected chi connectivity index (χ3v) is 8.07. The Morgan fingerprint density at radius 1 is 0.951 bits per heavy atom. The summed E-state index contributed by atoms with van der Waals surface area (Å²) in [4.78, 5) is 56.1. The Balaban J connectivity index is 1.58. The van der Waals surface area contributed by atoms with E-state index in [2.05, 4.69) is 5.32 Å². The Morgan fingerprint density at radius 3 is 2.10 bits per heavy atom. The fraction of sp³-hybridized carbons (Fsp3) is 0.500. The van der Waals surface area contributed by atoms with E-state index in [1.165, 1.54) is 4.90 Å². The van der Waals surface area contributed by atoms with Crippen molar-refractivity contribution in [1.29, 1.82) is 0 Å². The van der Waals surface area contributed by atoms with E-state index in [0.717, 1.165) is 16.7 Å². The van der Waals surface area contributed by atoms with Gasteiger partial charge in [0.15, 0.2) is 0 Å². The van der Waals surface area contributed by atoms with Crippen molar-refractivity contribution in [3.8, 4) is 0 Å². The predicted octanol–water partition coefficient (Wildman–Crippen LogP) is 4.13. The van der Waals surface area contributed by atoms with Crippen LogP contribution in [0.25, 0.3) is 0 Å². The van der Waals surface area contributed by atoms with Crippen molar-refractivity contribution in [2.45, 2.75) is 83.5 Å². The van der Waals surface area contributed by atoms with E-state index >= 15 is 0 Å². The van der Waals surface area contributed by atoms with Gasteiger partial charge in [0.25, 0.3) is 0 Å². The highest BCUT2D eigenvalue weighted by atomic mass is 16.6. The number of fused-ring (bicyclic) bond motifs is 1.